The lowest BCUT2D eigenvalue weighted by Gasteiger charge is -2.38. The van der Waals surface area contributed by atoms with Crippen LogP contribution in [0.25, 0.3) is 0 Å². The fourth-order valence-electron chi connectivity index (χ4n) is 1.28. The van der Waals surface area contributed by atoms with Gasteiger partial charge in [-0.3, -0.25) is 0 Å². The molecular weight excluding hydrogens is 260 g/mol. The molecule has 0 saturated carbocycles. The summed E-state index contributed by atoms with van der Waals surface area (Å²) < 4.78 is 10.7. The van der Waals surface area contributed by atoms with Gasteiger partial charge in [0.2, 0.25) is 0 Å². The van der Waals surface area contributed by atoms with Gasteiger partial charge in [0.05, 0.1) is 13.2 Å². The Hall–Kier alpha value is -0.943. The third-order valence-corrected chi connectivity index (χ3v) is 8.02. The fraction of sp³-hybridized carbons (Fsp3) is 0.714. The zero-order valence-corrected chi connectivity index (χ0v) is 13.9. The highest BCUT2D eigenvalue weighted by Crippen LogP contribution is 2.37. The lowest BCUT2D eigenvalue weighted by Crippen LogP contribution is -2.44. The Morgan fingerprint density at radius 2 is 1.84 bits per heavy atom. The summed E-state index contributed by atoms with van der Waals surface area (Å²) in [5.74, 6) is -0.392. The second-order valence-electron chi connectivity index (χ2n) is 6.06. The normalized spacial score (nSPS) is 14.4. The van der Waals surface area contributed by atoms with Crippen LogP contribution in [0.1, 0.15) is 33.6 Å². The topological polar surface area (TPSA) is 52.6 Å². The van der Waals surface area contributed by atoms with Crippen LogP contribution in [0.4, 0.5) is 0 Å². The van der Waals surface area contributed by atoms with Crippen LogP contribution in [0, 0.1) is 0 Å². The van der Waals surface area contributed by atoms with Crippen molar-refractivity contribution in [1.29, 1.82) is 0 Å². The van der Waals surface area contributed by atoms with Crippen LogP contribution in [0.15, 0.2) is 12.2 Å². The SMILES string of the molecule is COC(=O)/C=C/C[C@@H](CC=O)O[Si](C)(C)C(C)(C)C. The number of rotatable bonds is 7. The number of aldehydes is 1. The zero-order valence-electron chi connectivity index (χ0n) is 12.9. The molecule has 0 rings (SSSR count). The summed E-state index contributed by atoms with van der Waals surface area (Å²) in [6, 6.07) is 0. The summed E-state index contributed by atoms with van der Waals surface area (Å²) in [5.41, 5.74) is 0. The monoisotopic (exact) mass is 286 g/mol. The molecule has 0 N–H and O–H groups in total. The molecule has 0 spiro atoms. The summed E-state index contributed by atoms with van der Waals surface area (Å²) in [6.07, 6.45) is 4.65. The molecule has 1 atom stereocenters. The highest BCUT2D eigenvalue weighted by Gasteiger charge is 2.38. The van der Waals surface area contributed by atoms with Gasteiger partial charge in [-0.15, -0.1) is 0 Å². The van der Waals surface area contributed by atoms with E-state index in [1.54, 1.807) is 6.08 Å². The van der Waals surface area contributed by atoms with Gasteiger partial charge in [-0.05, 0) is 24.6 Å². The molecule has 0 aromatic rings. The minimum atomic E-state index is -1.90. The lowest BCUT2D eigenvalue weighted by molar-refractivity contribution is -0.134. The molecule has 110 valence electrons. The van der Waals surface area contributed by atoms with E-state index in [4.69, 9.17) is 4.43 Å². The minimum Gasteiger partial charge on any atom is -0.466 e. The summed E-state index contributed by atoms with van der Waals surface area (Å²) in [5, 5.41) is 0.0974. The highest BCUT2D eigenvalue weighted by molar-refractivity contribution is 6.74. The molecule has 0 saturated heterocycles. The van der Waals surface area contributed by atoms with Gasteiger partial charge in [0.15, 0.2) is 8.32 Å². The standard InChI is InChI=1S/C14H26O4Si/c1-14(2,3)19(5,6)18-12(10-11-15)8-7-9-13(16)17-4/h7,9,11-12H,8,10H2,1-6H3/b9-7+/t12-/m0/s1. The van der Waals surface area contributed by atoms with Gasteiger partial charge in [0.1, 0.15) is 6.29 Å². The number of carbonyl (C=O) groups excluding carboxylic acids is 2. The molecule has 5 heteroatoms. The van der Waals surface area contributed by atoms with E-state index >= 15 is 0 Å². The van der Waals surface area contributed by atoms with Gasteiger partial charge in [-0.25, -0.2) is 4.79 Å². The molecular formula is C14H26O4Si. The quantitative estimate of drug-likeness (QED) is 0.312. The third kappa shape index (κ3) is 6.68. The minimum absolute atomic E-state index is 0.0974. The molecule has 0 unspecified atom stereocenters. The van der Waals surface area contributed by atoms with Crippen molar-refractivity contribution >= 4 is 20.6 Å². The number of ether oxygens (including phenoxy) is 1. The summed E-state index contributed by atoms with van der Waals surface area (Å²) >= 11 is 0. The summed E-state index contributed by atoms with van der Waals surface area (Å²) in [6.45, 7) is 10.8. The number of carbonyl (C=O) groups is 2. The van der Waals surface area contributed by atoms with Crippen LogP contribution in [-0.4, -0.2) is 33.8 Å². The maximum absolute atomic E-state index is 11.0. The first kappa shape index (κ1) is 18.1. The van der Waals surface area contributed by atoms with E-state index in [0.29, 0.717) is 12.8 Å². The van der Waals surface area contributed by atoms with Crippen LogP contribution in [0.2, 0.25) is 18.1 Å². The summed E-state index contributed by atoms with van der Waals surface area (Å²) in [7, 11) is -0.565. The maximum Gasteiger partial charge on any atom is 0.330 e. The van der Waals surface area contributed by atoms with Crippen molar-refractivity contribution in [2.75, 3.05) is 7.11 Å². The van der Waals surface area contributed by atoms with E-state index in [2.05, 4.69) is 38.6 Å². The zero-order chi connectivity index (χ0) is 15.1. The molecule has 0 aromatic heterocycles. The fourth-order valence-corrected chi connectivity index (χ4v) is 2.66. The van der Waals surface area contributed by atoms with E-state index in [1.165, 1.54) is 13.2 Å². The first-order valence-corrected chi connectivity index (χ1v) is 9.41. The average molecular weight is 286 g/mol. The molecule has 0 heterocycles. The Labute approximate surface area is 117 Å². The van der Waals surface area contributed by atoms with Gasteiger partial charge in [-0.1, -0.05) is 26.8 Å². The van der Waals surface area contributed by atoms with Gasteiger partial charge >= 0.3 is 5.97 Å². The Balaban J connectivity index is 4.62. The predicted octanol–water partition coefficient (Wildman–Crippen LogP) is 3.09. The Morgan fingerprint density at radius 1 is 1.26 bits per heavy atom. The second kappa shape index (κ2) is 7.60. The number of esters is 1. The molecule has 0 aromatic carbocycles. The number of methoxy groups -OCH3 is 1. The lowest BCUT2D eigenvalue weighted by atomic mass is 10.2. The maximum atomic E-state index is 11.0. The van der Waals surface area contributed by atoms with Crippen LogP contribution in [0.5, 0.6) is 0 Å². The van der Waals surface area contributed by atoms with Crippen molar-refractivity contribution in [3.05, 3.63) is 12.2 Å². The van der Waals surface area contributed by atoms with E-state index < -0.39 is 14.3 Å². The van der Waals surface area contributed by atoms with Gasteiger partial charge in [0, 0.05) is 12.5 Å². The molecule has 0 radical (unpaired) electrons. The van der Waals surface area contributed by atoms with Crippen LogP contribution >= 0.6 is 0 Å². The van der Waals surface area contributed by atoms with Crippen molar-refractivity contribution in [2.24, 2.45) is 0 Å². The Kier molecular flexibility index (Phi) is 7.22. The number of hydrogen-bond donors (Lipinski definition) is 0. The molecule has 0 aliphatic rings. The smallest absolute Gasteiger partial charge is 0.330 e. The van der Waals surface area contributed by atoms with E-state index in [0.717, 1.165) is 6.29 Å². The van der Waals surface area contributed by atoms with Gasteiger partial charge in [0.25, 0.3) is 0 Å². The first-order chi connectivity index (χ1) is 8.64. The Bertz CT molecular complexity index is 329. The highest BCUT2D eigenvalue weighted by atomic mass is 28.4. The van der Waals surface area contributed by atoms with Crippen LogP contribution < -0.4 is 0 Å². The predicted molar refractivity (Wildman–Crippen MR) is 78.5 cm³/mol. The van der Waals surface area contributed by atoms with E-state index in [9.17, 15) is 9.59 Å². The number of hydrogen-bond acceptors (Lipinski definition) is 4. The van der Waals surface area contributed by atoms with Crippen molar-refractivity contribution < 1.29 is 18.8 Å². The first-order valence-electron chi connectivity index (χ1n) is 6.50. The second-order valence-corrected chi connectivity index (χ2v) is 10.8. The van der Waals surface area contributed by atoms with Crippen molar-refractivity contribution in [3.63, 3.8) is 0 Å². The average Bonchev–Trinajstić information content (AvgIpc) is 2.27. The van der Waals surface area contributed by atoms with E-state index in [1.807, 2.05) is 0 Å². The van der Waals surface area contributed by atoms with Crippen LogP contribution in [-0.2, 0) is 18.8 Å². The Morgan fingerprint density at radius 3 is 2.26 bits per heavy atom. The summed E-state index contributed by atoms with van der Waals surface area (Å²) in [4.78, 5) is 21.7. The van der Waals surface area contributed by atoms with Crippen molar-refractivity contribution in [1.82, 2.24) is 0 Å². The third-order valence-electron chi connectivity index (χ3n) is 3.48. The molecule has 0 bridgehead atoms. The molecule has 0 amide bonds. The van der Waals surface area contributed by atoms with Gasteiger partial charge < -0.3 is 14.0 Å². The molecule has 0 aliphatic heterocycles. The van der Waals surface area contributed by atoms with E-state index in [-0.39, 0.29) is 11.1 Å². The molecule has 0 fully saturated rings. The largest absolute Gasteiger partial charge is 0.466 e. The molecule has 0 aliphatic carbocycles. The van der Waals surface area contributed by atoms with Crippen molar-refractivity contribution in [2.45, 2.75) is 57.8 Å². The molecule has 4 nitrogen and oxygen atoms in total. The van der Waals surface area contributed by atoms with Gasteiger partial charge in [-0.2, -0.15) is 0 Å². The molecule has 19 heavy (non-hydrogen) atoms. The van der Waals surface area contributed by atoms with Crippen molar-refractivity contribution in [3.8, 4) is 0 Å². The van der Waals surface area contributed by atoms with Crippen LogP contribution in [0.3, 0.4) is 0 Å².